The number of carbonyl (C=O) groups excluding carboxylic acids is 2. The smallest absolute Gasteiger partial charge is 0.412 e. The maximum Gasteiger partial charge on any atom is 0.412 e. The highest BCUT2D eigenvalue weighted by atomic mass is 16.6. The number of fused-ring (bicyclic) bond motifs is 1. The second-order valence-electron chi connectivity index (χ2n) is 7.20. The van der Waals surface area contributed by atoms with Crippen LogP contribution in [0.3, 0.4) is 0 Å². The molecule has 2 saturated heterocycles. The molecule has 0 spiro atoms. The van der Waals surface area contributed by atoms with Crippen LogP contribution in [0.4, 0.5) is 10.5 Å². The average molecular weight is 428 g/mol. The third kappa shape index (κ3) is 4.73. The summed E-state index contributed by atoms with van der Waals surface area (Å²) in [6.45, 7) is 0.470. The largest absolute Gasteiger partial charge is 0.497 e. The van der Waals surface area contributed by atoms with Gasteiger partial charge in [0.15, 0.2) is 6.10 Å². The van der Waals surface area contributed by atoms with Crippen molar-refractivity contribution in [1.29, 1.82) is 0 Å². The number of anilines is 1. The lowest BCUT2D eigenvalue weighted by atomic mass is 10.1. The minimum absolute atomic E-state index is 0.195. The van der Waals surface area contributed by atoms with Gasteiger partial charge in [0, 0.05) is 11.3 Å². The molecule has 31 heavy (non-hydrogen) atoms. The van der Waals surface area contributed by atoms with E-state index in [2.05, 4.69) is 10.6 Å². The van der Waals surface area contributed by atoms with Crippen molar-refractivity contribution >= 4 is 17.7 Å². The van der Waals surface area contributed by atoms with Gasteiger partial charge in [0.2, 0.25) is 0 Å². The summed E-state index contributed by atoms with van der Waals surface area (Å²) < 4.78 is 27.2. The number of nitrogens with one attached hydrogen (secondary N) is 2. The number of methoxy groups -OCH3 is 2. The van der Waals surface area contributed by atoms with Crippen LogP contribution in [0.1, 0.15) is 10.4 Å². The Morgan fingerprint density at radius 1 is 0.871 bits per heavy atom. The number of hydrogen-bond acceptors (Lipinski definition) is 7. The van der Waals surface area contributed by atoms with Gasteiger partial charge in [0.05, 0.1) is 33.5 Å². The maximum absolute atomic E-state index is 12.5. The van der Waals surface area contributed by atoms with Gasteiger partial charge in [-0.05, 0) is 48.5 Å². The lowest BCUT2D eigenvalue weighted by Gasteiger charge is -2.18. The molecule has 2 N–H and O–H groups in total. The highest BCUT2D eigenvalue weighted by Crippen LogP contribution is 2.29. The third-order valence-corrected chi connectivity index (χ3v) is 5.27. The monoisotopic (exact) mass is 428 g/mol. The highest BCUT2D eigenvalue weighted by molar-refractivity contribution is 5.94. The van der Waals surface area contributed by atoms with E-state index in [1.165, 1.54) is 0 Å². The van der Waals surface area contributed by atoms with E-state index in [1.54, 1.807) is 62.8 Å². The van der Waals surface area contributed by atoms with E-state index in [0.717, 1.165) is 0 Å². The molecular formula is C22H24N2O7. The molecule has 0 radical (unpaired) electrons. The summed E-state index contributed by atoms with van der Waals surface area (Å²) in [5, 5.41) is 5.60. The van der Waals surface area contributed by atoms with Gasteiger partial charge in [-0.25, -0.2) is 4.79 Å². The van der Waals surface area contributed by atoms with E-state index in [0.29, 0.717) is 22.7 Å². The Hall–Kier alpha value is -3.30. The molecule has 0 aromatic heterocycles. The van der Waals surface area contributed by atoms with E-state index >= 15 is 0 Å². The fourth-order valence-electron chi connectivity index (χ4n) is 3.64. The number of amides is 2. The van der Waals surface area contributed by atoms with Gasteiger partial charge >= 0.3 is 6.09 Å². The fourth-order valence-corrected chi connectivity index (χ4v) is 3.64. The van der Waals surface area contributed by atoms with Crippen LogP contribution in [-0.4, -0.2) is 63.8 Å². The molecule has 0 saturated carbocycles. The molecule has 2 amide bonds. The number of rotatable bonds is 6. The predicted molar refractivity (Wildman–Crippen MR) is 111 cm³/mol. The van der Waals surface area contributed by atoms with Crippen LogP contribution in [0.2, 0.25) is 0 Å². The lowest BCUT2D eigenvalue weighted by Crippen LogP contribution is -2.44. The van der Waals surface area contributed by atoms with Crippen molar-refractivity contribution in [3.8, 4) is 11.5 Å². The summed E-state index contributed by atoms with van der Waals surface area (Å²) in [5.41, 5.74) is 1.09. The Morgan fingerprint density at radius 3 is 2.13 bits per heavy atom. The van der Waals surface area contributed by atoms with Crippen molar-refractivity contribution in [2.75, 3.05) is 32.8 Å². The zero-order valence-electron chi connectivity index (χ0n) is 17.2. The summed E-state index contributed by atoms with van der Waals surface area (Å²) >= 11 is 0. The number of ether oxygens (including phenoxy) is 5. The van der Waals surface area contributed by atoms with E-state index < -0.39 is 18.3 Å². The summed E-state index contributed by atoms with van der Waals surface area (Å²) in [5.74, 6) is 1.13. The molecule has 2 fully saturated rings. The minimum atomic E-state index is -0.603. The number of benzene rings is 2. The van der Waals surface area contributed by atoms with Gasteiger partial charge in [-0.3, -0.25) is 10.1 Å². The molecule has 4 atom stereocenters. The zero-order chi connectivity index (χ0) is 21.8. The van der Waals surface area contributed by atoms with Crippen LogP contribution in [0.5, 0.6) is 11.5 Å². The van der Waals surface area contributed by atoms with E-state index in [-0.39, 0.29) is 31.3 Å². The van der Waals surface area contributed by atoms with E-state index in [1.807, 2.05) is 0 Å². The molecule has 2 aromatic rings. The molecule has 2 aliphatic heterocycles. The van der Waals surface area contributed by atoms with Gasteiger partial charge in [-0.1, -0.05) is 0 Å². The highest BCUT2D eigenvalue weighted by Gasteiger charge is 2.50. The van der Waals surface area contributed by atoms with Crippen LogP contribution in [0.15, 0.2) is 48.5 Å². The summed E-state index contributed by atoms with van der Waals surface area (Å²) in [4.78, 5) is 24.8. The fraction of sp³-hybridized carbons (Fsp3) is 0.364. The molecule has 0 bridgehead atoms. The van der Waals surface area contributed by atoms with Crippen molar-refractivity contribution in [2.45, 2.75) is 24.4 Å². The van der Waals surface area contributed by atoms with Gasteiger partial charge < -0.3 is 29.0 Å². The molecular weight excluding hydrogens is 404 g/mol. The van der Waals surface area contributed by atoms with Gasteiger partial charge in [-0.15, -0.1) is 0 Å². The van der Waals surface area contributed by atoms with E-state index in [9.17, 15) is 9.59 Å². The van der Waals surface area contributed by atoms with Crippen molar-refractivity contribution < 1.29 is 33.3 Å². The van der Waals surface area contributed by atoms with Crippen molar-refractivity contribution in [3.63, 3.8) is 0 Å². The Bertz CT molecular complexity index is 916. The topological polar surface area (TPSA) is 104 Å². The first-order valence-corrected chi connectivity index (χ1v) is 9.87. The maximum atomic E-state index is 12.5. The first kappa shape index (κ1) is 21.0. The quantitative estimate of drug-likeness (QED) is 0.727. The first-order valence-electron chi connectivity index (χ1n) is 9.87. The Kier molecular flexibility index (Phi) is 6.24. The molecule has 2 heterocycles. The lowest BCUT2D eigenvalue weighted by molar-refractivity contribution is 0.00862. The molecule has 2 aromatic carbocycles. The van der Waals surface area contributed by atoms with Crippen LogP contribution in [-0.2, 0) is 14.2 Å². The normalized spacial score (nSPS) is 24.2. The zero-order valence-corrected chi connectivity index (χ0v) is 17.2. The van der Waals surface area contributed by atoms with Gasteiger partial charge in [0.25, 0.3) is 5.91 Å². The molecule has 0 aliphatic carbocycles. The molecule has 4 rings (SSSR count). The Labute approximate surface area is 179 Å². The molecule has 9 heteroatoms. The van der Waals surface area contributed by atoms with Crippen molar-refractivity contribution in [2.24, 2.45) is 0 Å². The summed E-state index contributed by atoms with van der Waals surface area (Å²) in [6.07, 6.45) is -2.00. The number of hydrogen-bond donors (Lipinski definition) is 2. The molecule has 0 unspecified atom stereocenters. The molecule has 164 valence electrons. The first-order chi connectivity index (χ1) is 15.1. The van der Waals surface area contributed by atoms with Crippen molar-refractivity contribution in [1.82, 2.24) is 5.32 Å². The Balaban J connectivity index is 1.30. The third-order valence-electron chi connectivity index (χ3n) is 5.27. The van der Waals surface area contributed by atoms with Crippen LogP contribution in [0.25, 0.3) is 0 Å². The summed E-state index contributed by atoms with van der Waals surface area (Å²) in [6, 6.07) is 13.4. The van der Waals surface area contributed by atoms with Crippen LogP contribution >= 0.6 is 0 Å². The Morgan fingerprint density at radius 2 is 1.48 bits per heavy atom. The second kappa shape index (κ2) is 9.23. The average Bonchev–Trinajstić information content (AvgIpc) is 3.37. The van der Waals surface area contributed by atoms with E-state index in [4.69, 9.17) is 23.7 Å². The van der Waals surface area contributed by atoms with Crippen molar-refractivity contribution in [3.05, 3.63) is 54.1 Å². The minimum Gasteiger partial charge on any atom is -0.497 e. The SMILES string of the molecule is COc1ccc(NC(=O)O[C@@H]2CO[C@H]3[C@@H]2OC[C@@H]3NC(=O)c2ccc(OC)cc2)cc1. The number of carbonyl (C=O) groups is 2. The second-order valence-corrected chi connectivity index (χ2v) is 7.20. The summed E-state index contributed by atoms with van der Waals surface area (Å²) in [7, 11) is 3.14. The predicted octanol–water partition coefficient (Wildman–Crippen LogP) is 2.22. The standard InChI is InChI=1S/C22H24N2O7/c1-27-15-7-3-13(4-8-15)21(25)24-17-11-29-20-18(12-30-19(17)20)31-22(26)23-14-5-9-16(28-2)10-6-14/h3-10,17-20H,11-12H2,1-2H3,(H,23,26)(H,24,25)/t17-,18+,19+,20+/m0/s1. The van der Waals surface area contributed by atoms with Gasteiger partial charge in [-0.2, -0.15) is 0 Å². The molecule has 2 aliphatic rings. The van der Waals surface area contributed by atoms with Crippen LogP contribution < -0.4 is 20.1 Å². The van der Waals surface area contributed by atoms with Crippen LogP contribution in [0, 0.1) is 0 Å². The molecule has 9 nitrogen and oxygen atoms in total. The van der Waals surface area contributed by atoms with Gasteiger partial charge in [0.1, 0.15) is 23.7 Å².